The quantitative estimate of drug-likeness (QED) is 0.572. The van der Waals surface area contributed by atoms with Gasteiger partial charge in [-0.2, -0.15) is 0 Å². The van der Waals surface area contributed by atoms with E-state index >= 15 is 0 Å². The second kappa shape index (κ2) is 9.13. The Balaban J connectivity index is 1.66. The van der Waals surface area contributed by atoms with E-state index in [-0.39, 0.29) is 10.8 Å². The average molecular weight is 423 g/mol. The lowest BCUT2D eigenvalue weighted by Gasteiger charge is -2.12. The van der Waals surface area contributed by atoms with Crippen molar-refractivity contribution in [3.05, 3.63) is 95.1 Å². The highest BCUT2D eigenvalue weighted by molar-refractivity contribution is 7.92. The molecule has 2 N–H and O–H groups in total. The molecule has 0 radical (unpaired) electrons. The molecule has 0 saturated carbocycles. The molecule has 0 aliphatic rings. The summed E-state index contributed by atoms with van der Waals surface area (Å²) < 4.78 is 27.6. The minimum atomic E-state index is -3.68. The SMILES string of the molecule is Cc1cc(C(=O)NCc2ccc(C(C)C)cc2)ccc1NS(=O)(=O)c1ccccc1. The number of sulfonamides is 1. The first-order valence-corrected chi connectivity index (χ1v) is 11.3. The molecule has 5 nitrogen and oxygen atoms in total. The molecule has 0 unspecified atom stereocenters. The molecule has 0 bridgehead atoms. The number of anilines is 1. The molecule has 30 heavy (non-hydrogen) atoms. The van der Waals surface area contributed by atoms with Crippen LogP contribution in [0.2, 0.25) is 0 Å². The maximum Gasteiger partial charge on any atom is 0.261 e. The number of rotatable bonds is 7. The molecule has 156 valence electrons. The number of carbonyl (C=O) groups is 1. The zero-order valence-electron chi connectivity index (χ0n) is 17.3. The fourth-order valence-corrected chi connectivity index (χ4v) is 4.18. The Morgan fingerprint density at radius 2 is 1.60 bits per heavy atom. The van der Waals surface area contributed by atoms with Crippen molar-refractivity contribution in [3.63, 3.8) is 0 Å². The van der Waals surface area contributed by atoms with Gasteiger partial charge in [0.1, 0.15) is 0 Å². The Bertz CT molecular complexity index is 1120. The molecular weight excluding hydrogens is 396 g/mol. The van der Waals surface area contributed by atoms with Gasteiger partial charge in [-0.3, -0.25) is 9.52 Å². The molecule has 3 aromatic rings. The van der Waals surface area contributed by atoms with Gasteiger partial charge >= 0.3 is 0 Å². The molecule has 0 fully saturated rings. The summed E-state index contributed by atoms with van der Waals surface area (Å²) in [7, 11) is -3.68. The second-order valence-corrected chi connectivity index (χ2v) is 9.21. The molecule has 0 aromatic heterocycles. The van der Waals surface area contributed by atoms with Gasteiger partial charge in [0, 0.05) is 12.1 Å². The number of benzene rings is 3. The van der Waals surface area contributed by atoms with Crippen molar-refractivity contribution in [1.82, 2.24) is 5.32 Å². The average Bonchev–Trinajstić information content (AvgIpc) is 2.74. The third-order valence-electron chi connectivity index (χ3n) is 4.89. The van der Waals surface area contributed by atoms with Crippen molar-refractivity contribution in [3.8, 4) is 0 Å². The summed E-state index contributed by atoms with van der Waals surface area (Å²) in [6, 6.07) is 21.3. The van der Waals surface area contributed by atoms with Gasteiger partial charge in [-0.1, -0.05) is 56.3 Å². The van der Waals surface area contributed by atoms with Crippen LogP contribution < -0.4 is 10.0 Å². The molecule has 0 heterocycles. The maximum absolute atomic E-state index is 12.5. The molecule has 0 aliphatic carbocycles. The lowest BCUT2D eigenvalue weighted by molar-refractivity contribution is 0.0951. The van der Waals surface area contributed by atoms with Crippen molar-refractivity contribution < 1.29 is 13.2 Å². The van der Waals surface area contributed by atoms with E-state index in [9.17, 15) is 13.2 Å². The van der Waals surface area contributed by atoms with Crippen LogP contribution in [0.1, 0.15) is 46.8 Å². The van der Waals surface area contributed by atoms with Crippen molar-refractivity contribution in [2.24, 2.45) is 0 Å². The number of nitrogens with one attached hydrogen (secondary N) is 2. The number of carbonyl (C=O) groups excluding carboxylic acids is 1. The molecule has 0 aliphatic heterocycles. The van der Waals surface area contributed by atoms with Gasteiger partial charge in [0.05, 0.1) is 10.6 Å². The number of amides is 1. The predicted octanol–water partition coefficient (Wildman–Crippen LogP) is 4.85. The van der Waals surface area contributed by atoms with E-state index in [0.717, 1.165) is 5.56 Å². The highest BCUT2D eigenvalue weighted by Crippen LogP contribution is 2.21. The molecule has 0 atom stereocenters. The lowest BCUT2D eigenvalue weighted by Crippen LogP contribution is -2.23. The molecule has 0 saturated heterocycles. The lowest BCUT2D eigenvalue weighted by atomic mass is 10.0. The molecular formula is C24H26N2O3S. The zero-order chi connectivity index (χ0) is 21.7. The number of hydrogen-bond acceptors (Lipinski definition) is 3. The van der Waals surface area contributed by atoms with Crippen LogP contribution in [0, 0.1) is 6.92 Å². The van der Waals surface area contributed by atoms with Crippen molar-refractivity contribution in [1.29, 1.82) is 0 Å². The van der Waals surface area contributed by atoms with Gasteiger partial charge in [-0.25, -0.2) is 8.42 Å². The Labute approximate surface area is 178 Å². The molecule has 0 spiro atoms. The monoisotopic (exact) mass is 422 g/mol. The van der Waals surface area contributed by atoms with E-state index in [1.807, 2.05) is 12.1 Å². The Hall–Kier alpha value is -3.12. The van der Waals surface area contributed by atoms with E-state index in [1.165, 1.54) is 17.7 Å². The van der Waals surface area contributed by atoms with Crippen LogP contribution in [0.5, 0.6) is 0 Å². The van der Waals surface area contributed by atoms with Gasteiger partial charge in [-0.05, 0) is 59.9 Å². The first kappa shape index (κ1) is 21.6. The smallest absolute Gasteiger partial charge is 0.261 e. The number of aryl methyl sites for hydroxylation is 1. The molecule has 1 amide bonds. The van der Waals surface area contributed by atoms with Crippen LogP contribution in [-0.4, -0.2) is 14.3 Å². The first-order chi connectivity index (χ1) is 14.3. The Morgan fingerprint density at radius 3 is 2.20 bits per heavy atom. The van der Waals surface area contributed by atoms with E-state index in [2.05, 4.69) is 36.0 Å². The summed E-state index contributed by atoms with van der Waals surface area (Å²) in [6.45, 7) is 6.48. The van der Waals surface area contributed by atoms with Crippen LogP contribution in [-0.2, 0) is 16.6 Å². The van der Waals surface area contributed by atoms with E-state index in [4.69, 9.17) is 0 Å². The minimum absolute atomic E-state index is 0.190. The summed E-state index contributed by atoms with van der Waals surface area (Å²) in [5.74, 6) is 0.262. The van der Waals surface area contributed by atoms with Gasteiger partial charge < -0.3 is 5.32 Å². The summed E-state index contributed by atoms with van der Waals surface area (Å²) >= 11 is 0. The topological polar surface area (TPSA) is 75.3 Å². The van der Waals surface area contributed by atoms with E-state index in [1.54, 1.807) is 43.3 Å². The standard InChI is InChI=1S/C24H26N2O3S/c1-17(2)20-11-9-19(10-12-20)16-25-24(27)21-13-14-23(18(3)15-21)26-30(28,29)22-7-5-4-6-8-22/h4-15,17,26H,16H2,1-3H3,(H,25,27). The minimum Gasteiger partial charge on any atom is -0.348 e. The highest BCUT2D eigenvalue weighted by atomic mass is 32.2. The van der Waals surface area contributed by atoms with Crippen LogP contribution in [0.15, 0.2) is 77.7 Å². The van der Waals surface area contributed by atoms with Crippen molar-refractivity contribution >= 4 is 21.6 Å². The third-order valence-corrected chi connectivity index (χ3v) is 6.27. The van der Waals surface area contributed by atoms with Crippen LogP contribution in [0.4, 0.5) is 5.69 Å². The van der Waals surface area contributed by atoms with Crippen LogP contribution in [0.3, 0.4) is 0 Å². The van der Waals surface area contributed by atoms with Gasteiger partial charge in [0.25, 0.3) is 15.9 Å². The predicted molar refractivity (Wildman–Crippen MR) is 120 cm³/mol. The van der Waals surface area contributed by atoms with Crippen LogP contribution in [0.25, 0.3) is 0 Å². The molecule has 3 rings (SSSR count). The molecule has 6 heteroatoms. The fourth-order valence-electron chi connectivity index (χ4n) is 3.03. The molecule has 3 aromatic carbocycles. The van der Waals surface area contributed by atoms with Crippen LogP contribution >= 0.6 is 0 Å². The Morgan fingerprint density at radius 1 is 0.933 bits per heavy atom. The van der Waals surface area contributed by atoms with Crippen molar-refractivity contribution in [2.45, 2.75) is 38.1 Å². The maximum atomic E-state index is 12.5. The van der Waals surface area contributed by atoms with E-state index < -0.39 is 10.0 Å². The highest BCUT2D eigenvalue weighted by Gasteiger charge is 2.15. The number of hydrogen-bond donors (Lipinski definition) is 2. The summed E-state index contributed by atoms with van der Waals surface area (Å²) in [4.78, 5) is 12.7. The summed E-state index contributed by atoms with van der Waals surface area (Å²) in [5, 5.41) is 2.91. The van der Waals surface area contributed by atoms with E-state index in [0.29, 0.717) is 29.3 Å². The summed E-state index contributed by atoms with van der Waals surface area (Å²) in [6.07, 6.45) is 0. The second-order valence-electron chi connectivity index (χ2n) is 7.53. The first-order valence-electron chi connectivity index (χ1n) is 9.82. The van der Waals surface area contributed by atoms with Gasteiger partial charge in [0.2, 0.25) is 0 Å². The van der Waals surface area contributed by atoms with Crippen molar-refractivity contribution in [2.75, 3.05) is 4.72 Å². The normalized spacial score (nSPS) is 11.3. The van der Waals surface area contributed by atoms with Gasteiger partial charge in [0.15, 0.2) is 0 Å². The van der Waals surface area contributed by atoms with Gasteiger partial charge in [-0.15, -0.1) is 0 Å². The fraction of sp³-hybridized carbons (Fsp3) is 0.208. The largest absolute Gasteiger partial charge is 0.348 e. The zero-order valence-corrected chi connectivity index (χ0v) is 18.2. The Kier molecular flexibility index (Phi) is 6.57. The third kappa shape index (κ3) is 5.27. The summed E-state index contributed by atoms with van der Waals surface area (Å²) in [5.41, 5.74) is 3.88.